The molecule has 1 unspecified atom stereocenters. The van der Waals surface area contributed by atoms with E-state index in [1.807, 2.05) is 11.3 Å². The average Bonchev–Trinajstić information content (AvgIpc) is 2.89. The van der Waals surface area contributed by atoms with Crippen molar-refractivity contribution in [2.24, 2.45) is 0 Å². The highest BCUT2D eigenvalue weighted by Crippen LogP contribution is 2.39. The molecule has 2 aliphatic rings. The first-order valence-corrected chi connectivity index (χ1v) is 9.17. The second-order valence-corrected chi connectivity index (χ2v) is 8.58. The number of nitrogens with zero attached hydrogens (tertiary/aromatic N) is 1. The van der Waals surface area contributed by atoms with Crippen LogP contribution in [0.25, 0.3) is 0 Å². The maximum Gasteiger partial charge on any atom is 0.0963 e. The zero-order valence-electron chi connectivity index (χ0n) is 13.6. The predicted octanol–water partition coefficient (Wildman–Crippen LogP) is 3.85. The Labute approximate surface area is 132 Å². The van der Waals surface area contributed by atoms with Gasteiger partial charge in [-0.3, -0.25) is 0 Å². The van der Waals surface area contributed by atoms with E-state index in [1.165, 1.54) is 30.0 Å². The Morgan fingerprint density at radius 3 is 2.71 bits per heavy atom. The lowest BCUT2D eigenvalue weighted by Crippen LogP contribution is -2.39. The van der Waals surface area contributed by atoms with Crippen molar-refractivity contribution in [3.63, 3.8) is 0 Å². The van der Waals surface area contributed by atoms with Gasteiger partial charge in [0.25, 0.3) is 0 Å². The number of rotatable bonds is 3. The fourth-order valence-corrected chi connectivity index (χ4v) is 4.64. The Hall–Kier alpha value is -0.450. The summed E-state index contributed by atoms with van der Waals surface area (Å²) in [6.07, 6.45) is 6.14. The van der Waals surface area contributed by atoms with Gasteiger partial charge in [-0.2, -0.15) is 0 Å². The highest BCUT2D eigenvalue weighted by atomic mass is 32.1. The molecule has 118 valence electrons. The van der Waals surface area contributed by atoms with Crippen LogP contribution in [0, 0.1) is 0 Å². The number of hydrogen-bond donors (Lipinski definition) is 1. The van der Waals surface area contributed by atoms with Crippen LogP contribution in [0.3, 0.4) is 0 Å². The fraction of sp³-hybridized carbons (Fsp3) is 0.824. The molecule has 0 saturated carbocycles. The molecule has 0 radical (unpaired) electrons. The summed E-state index contributed by atoms with van der Waals surface area (Å²) in [5.74, 6) is 1.25. The molecule has 2 heterocycles. The molecule has 1 aliphatic heterocycles. The number of nitrogens with one attached hydrogen (secondary N) is 1. The Morgan fingerprint density at radius 2 is 2.00 bits per heavy atom. The lowest BCUT2D eigenvalue weighted by Gasteiger charge is -2.27. The standard InChI is InChI=1S/C17H28N2OS/c1-17(2,3)18-11-13-5-4-6-14-15(13)19-16(21-14)12-7-9-20-10-8-12/h12-13,18H,4-11H2,1-3H3. The molecular weight excluding hydrogens is 280 g/mol. The number of hydrogen-bond acceptors (Lipinski definition) is 4. The van der Waals surface area contributed by atoms with Crippen LogP contribution in [-0.4, -0.2) is 30.3 Å². The molecule has 1 aromatic heterocycles. The summed E-state index contributed by atoms with van der Waals surface area (Å²) >= 11 is 1.98. The highest BCUT2D eigenvalue weighted by molar-refractivity contribution is 7.11. The van der Waals surface area contributed by atoms with Gasteiger partial charge in [0.15, 0.2) is 0 Å². The van der Waals surface area contributed by atoms with Gasteiger partial charge in [0.1, 0.15) is 0 Å². The van der Waals surface area contributed by atoms with E-state index >= 15 is 0 Å². The fourth-order valence-electron chi connectivity index (χ4n) is 3.27. The minimum absolute atomic E-state index is 0.192. The molecule has 1 aliphatic carbocycles. The van der Waals surface area contributed by atoms with Gasteiger partial charge in [-0.25, -0.2) is 4.98 Å². The molecule has 0 spiro atoms. The van der Waals surface area contributed by atoms with E-state index in [0.717, 1.165) is 32.6 Å². The topological polar surface area (TPSA) is 34.1 Å². The van der Waals surface area contributed by atoms with E-state index in [0.29, 0.717) is 11.8 Å². The molecule has 0 bridgehead atoms. The summed E-state index contributed by atoms with van der Waals surface area (Å²) in [4.78, 5) is 6.64. The minimum atomic E-state index is 0.192. The molecule has 1 atom stereocenters. The van der Waals surface area contributed by atoms with Crippen molar-refractivity contribution in [2.75, 3.05) is 19.8 Å². The van der Waals surface area contributed by atoms with E-state index in [-0.39, 0.29) is 5.54 Å². The highest BCUT2D eigenvalue weighted by Gasteiger charge is 2.28. The average molecular weight is 308 g/mol. The third kappa shape index (κ3) is 3.85. The lowest BCUT2D eigenvalue weighted by atomic mass is 9.90. The summed E-state index contributed by atoms with van der Waals surface area (Å²) in [5.41, 5.74) is 1.60. The van der Waals surface area contributed by atoms with Crippen molar-refractivity contribution in [1.29, 1.82) is 0 Å². The first-order chi connectivity index (χ1) is 10.0. The van der Waals surface area contributed by atoms with Crippen molar-refractivity contribution in [1.82, 2.24) is 10.3 Å². The van der Waals surface area contributed by atoms with E-state index < -0.39 is 0 Å². The van der Waals surface area contributed by atoms with Gasteiger partial charge in [0, 0.05) is 42.0 Å². The van der Waals surface area contributed by atoms with Crippen molar-refractivity contribution in [2.45, 2.75) is 70.3 Å². The summed E-state index contributed by atoms with van der Waals surface area (Å²) in [7, 11) is 0. The second-order valence-electron chi connectivity index (χ2n) is 7.47. The van der Waals surface area contributed by atoms with Crippen LogP contribution in [-0.2, 0) is 11.2 Å². The molecule has 0 amide bonds. The van der Waals surface area contributed by atoms with Gasteiger partial charge in [-0.1, -0.05) is 0 Å². The lowest BCUT2D eigenvalue weighted by molar-refractivity contribution is 0.0852. The number of aromatic nitrogens is 1. The zero-order chi connectivity index (χ0) is 14.9. The molecule has 4 heteroatoms. The number of fused-ring (bicyclic) bond motifs is 1. The van der Waals surface area contributed by atoms with Gasteiger partial charge in [0.05, 0.1) is 10.7 Å². The van der Waals surface area contributed by atoms with Gasteiger partial charge in [0.2, 0.25) is 0 Å². The number of ether oxygens (including phenoxy) is 1. The Morgan fingerprint density at radius 1 is 1.24 bits per heavy atom. The van der Waals surface area contributed by atoms with Crippen molar-refractivity contribution < 1.29 is 4.74 Å². The van der Waals surface area contributed by atoms with Crippen LogP contribution in [0.4, 0.5) is 0 Å². The molecular formula is C17H28N2OS. The van der Waals surface area contributed by atoms with Gasteiger partial charge >= 0.3 is 0 Å². The van der Waals surface area contributed by atoms with Crippen LogP contribution in [0.1, 0.15) is 73.9 Å². The molecule has 3 rings (SSSR count). The first-order valence-electron chi connectivity index (χ1n) is 8.35. The van der Waals surface area contributed by atoms with E-state index in [4.69, 9.17) is 9.72 Å². The third-order valence-corrected chi connectivity index (χ3v) is 5.83. The summed E-state index contributed by atoms with van der Waals surface area (Å²) < 4.78 is 5.49. The van der Waals surface area contributed by atoms with Gasteiger partial charge < -0.3 is 10.1 Å². The van der Waals surface area contributed by atoms with Crippen LogP contribution in [0.15, 0.2) is 0 Å². The first kappa shape index (κ1) is 15.4. The SMILES string of the molecule is CC(C)(C)NCC1CCCc2sc(C3CCOCC3)nc21. The quantitative estimate of drug-likeness (QED) is 0.921. The van der Waals surface area contributed by atoms with Crippen LogP contribution < -0.4 is 5.32 Å². The van der Waals surface area contributed by atoms with Gasteiger partial charge in [-0.05, 0) is 52.9 Å². The Kier molecular flexibility index (Phi) is 4.67. The van der Waals surface area contributed by atoms with Gasteiger partial charge in [-0.15, -0.1) is 11.3 Å². The molecule has 1 saturated heterocycles. The molecule has 3 nitrogen and oxygen atoms in total. The molecule has 1 N–H and O–H groups in total. The van der Waals surface area contributed by atoms with E-state index in [9.17, 15) is 0 Å². The minimum Gasteiger partial charge on any atom is -0.381 e. The van der Waals surface area contributed by atoms with Crippen LogP contribution in [0.5, 0.6) is 0 Å². The molecule has 21 heavy (non-hydrogen) atoms. The largest absolute Gasteiger partial charge is 0.381 e. The smallest absolute Gasteiger partial charge is 0.0963 e. The van der Waals surface area contributed by atoms with E-state index in [1.54, 1.807) is 4.88 Å². The predicted molar refractivity (Wildman–Crippen MR) is 88.3 cm³/mol. The molecule has 1 aromatic rings. The van der Waals surface area contributed by atoms with E-state index in [2.05, 4.69) is 26.1 Å². The number of thiazole rings is 1. The second kappa shape index (κ2) is 6.35. The maximum atomic E-state index is 5.49. The van der Waals surface area contributed by atoms with Crippen LogP contribution in [0.2, 0.25) is 0 Å². The van der Waals surface area contributed by atoms with Crippen molar-refractivity contribution in [3.05, 3.63) is 15.6 Å². The monoisotopic (exact) mass is 308 g/mol. The summed E-state index contributed by atoms with van der Waals surface area (Å²) in [6.45, 7) is 9.60. The van der Waals surface area contributed by atoms with Crippen molar-refractivity contribution in [3.8, 4) is 0 Å². The third-order valence-electron chi connectivity index (χ3n) is 4.54. The summed E-state index contributed by atoms with van der Waals surface area (Å²) in [5, 5.41) is 5.05. The Balaban J connectivity index is 1.73. The molecule has 1 fully saturated rings. The van der Waals surface area contributed by atoms with Crippen LogP contribution >= 0.6 is 11.3 Å². The Bertz CT molecular complexity index is 472. The molecule has 0 aromatic carbocycles. The normalized spacial score (nSPS) is 24.0. The maximum absolute atomic E-state index is 5.49. The van der Waals surface area contributed by atoms with Crippen molar-refractivity contribution >= 4 is 11.3 Å². The zero-order valence-corrected chi connectivity index (χ0v) is 14.4. The number of aryl methyl sites for hydroxylation is 1. The summed E-state index contributed by atoms with van der Waals surface area (Å²) in [6, 6.07) is 0.